The van der Waals surface area contributed by atoms with Crippen LogP contribution < -0.4 is 5.32 Å². The molecule has 1 aliphatic heterocycles. The van der Waals surface area contributed by atoms with Crippen molar-refractivity contribution in [3.8, 4) is 0 Å². The van der Waals surface area contributed by atoms with Gasteiger partial charge in [0.15, 0.2) is 0 Å². The number of amides is 2. The van der Waals surface area contributed by atoms with Crippen molar-refractivity contribution in [3.63, 3.8) is 0 Å². The Balaban J connectivity index is 1.60. The van der Waals surface area contributed by atoms with E-state index in [1.54, 1.807) is 22.4 Å². The summed E-state index contributed by atoms with van der Waals surface area (Å²) in [4.78, 5) is 27.6. The first-order valence-electron chi connectivity index (χ1n) is 10.6. The number of hydrogen-bond acceptors (Lipinski definition) is 5. The van der Waals surface area contributed by atoms with Gasteiger partial charge in [0.05, 0.1) is 12.5 Å². The zero-order valence-electron chi connectivity index (χ0n) is 17.3. The predicted molar refractivity (Wildman–Crippen MR) is 119 cm³/mol. The number of benzene rings is 1. The summed E-state index contributed by atoms with van der Waals surface area (Å²) in [5, 5.41) is 4.59. The molecule has 31 heavy (non-hydrogen) atoms. The SMILES string of the molecule is O=C1CC(c2ccccc2)N(C(=O)C2CC2)CCCN(S(=O)(=O)c2cccs2)CCN1. The van der Waals surface area contributed by atoms with Gasteiger partial charge in [0.2, 0.25) is 11.8 Å². The van der Waals surface area contributed by atoms with Crippen molar-refractivity contribution < 1.29 is 18.0 Å². The van der Waals surface area contributed by atoms with Crippen LogP contribution in [0.2, 0.25) is 0 Å². The van der Waals surface area contributed by atoms with Gasteiger partial charge in [-0.2, -0.15) is 4.31 Å². The first kappa shape index (κ1) is 22.0. The van der Waals surface area contributed by atoms with E-state index in [1.807, 2.05) is 30.3 Å². The van der Waals surface area contributed by atoms with E-state index in [0.29, 0.717) is 23.7 Å². The molecule has 1 unspecified atom stereocenters. The Morgan fingerprint density at radius 3 is 2.48 bits per heavy atom. The summed E-state index contributed by atoms with van der Waals surface area (Å²) in [5.74, 6) is -0.100. The van der Waals surface area contributed by atoms with Crippen LogP contribution in [0.3, 0.4) is 0 Å². The summed E-state index contributed by atoms with van der Waals surface area (Å²) in [6.07, 6.45) is 2.44. The Bertz CT molecular complexity index is 1000. The normalized spacial score (nSPS) is 21.9. The summed E-state index contributed by atoms with van der Waals surface area (Å²) < 4.78 is 27.8. The van der Waals surface area contributed by atoms with Gasteiger partial charge in [-0.3, -0.25) is 9.59 Å². The second-order valence-electron chi connectivity index (χ2n) is 7.98. The van der Waals surface area contributed by atoms with E-state index in [4.69, 9.17) is 0 Å². The Hall–Kier alpha value is -2.23. The summed E-state index contributed by atoms with van der Waals surface area (Å²) in [6, 6.07) is 12.6. The van der Waals surface area contributed by atoms with Gasteiger partial charge in [0, 0.05) is 32.1 Å². The molecule has 166 valence electrons. The first-order chi connectivity index (χ1) is 15.0. The molecular weight excluding hydrogens is 434 g/mol. The maximum absolute atomic E-state index is 13.1. The zero-order chi connectivity index (χ0) is 21.8. The van der Waals surface area contributed by atoms with Gasteiger partial charge in [-0.25, -0.2) is 8.42 Å². The highest BCUT2D eigenvalue weighted by Crippen LogP contribution is 2.35. The lowest BCUT2D eigenvalue weighted by molar-refractivity contribution is -0.136. The summed E-state index contributed by atoms with van der Waals surface area (Å²) in [7, 11) is -3.63. The van der Waals surface area contributed by atoms with E-state index in [1.165, 1.54) is 15.6 Å². The molecule has 0 spiro atoms. The number of nitrogens with one attached hydrogen (secondary N) is 1. The van der Waals surface area contributed by atoms with Crippen LogP contribution in [0.5, 0.6) is 0 Å². The van der Waals surface area contributed by atoms with Crippen molar-refractivity contribution in [1.29, 1.82) is 0 Å². The maximum atomic E-state index is 13.1. The maximum Gasteiger partial charge on any atom is 0.252 e. The minimum Gasteiger partial charge on any atom is -0.355 e. The highest BCUT2D eigenvalue weighted by molar-refractivity contribution is 7.91. The number of carbonyl (C=O) groups is 2. The lowest BCUT2D eigenvalue weighted by atomic mass is 10.0. The van der Waals surface area contributed by atoms with Gasteiger partial charge < -0.3 is 10.2 Å². The molecule has 1 aliphatic carbocycles. The molecule has 0 radical (unpaired) electrons. The molecule has 1 N–H and O–H groups in total. The van der Waals surface area contributed by atoms with Crippen LogP contribution in [0.25, 0.3) is 0 Å². The molecule has 1 aromatic heterocycles. The molecule has 2 aromatic rings. The highest BCUT2D eigenvalue weighted by atomic mass is 32.2. The predicted octanol–water partition coefficient (Wildman–Crippen LogP) is 2.63. The molecule has 2 fully saturated rings. The molecule has 1 atom stereocenters. The monoisotopic (exact) mass is 461 g/mol. The molecule has 2 heterocycles. The van der Waals surface area contributed by atoms with Crippen LogP contribution in [-0.4, -0.2) is 55.6 Å². The first-order valence-corrected chi connectivity index (χ1v) is 12.9. The van der Waals surface area contributed by atoms with Gasteiger partial charge in [-0.05, 0) is 36.3 Å². The lowest BCUT2D eigenvalue weighted by Crippen LogP contribution is -2.39. The van der Waals surface area contributed by atoms with Crippen LogP contribution in [0.4, 0.5) is 0 Å². The smallest absolute Gasteiger partial charge is 0.252 e. The second kappa shape index (κ2) is 9.50. The number of hydrogen-bond donors (Lipinski definition) is 1. The minimum atomic E-state index is -3.63. The molecule has 1 saturated carbocycles. The van der Waals surface area contributed by atoms with Gasteiger partial charge in [-0.15, -0.1) is 11.3 Å². The fraction of sp³-hybridized carbons (Fsp3) is 0.455. The van der Waals surface area contributed by atoms with Crippen LogP contribution >= 0.6 is 11.3 Å². The van der Waals surface area contributed by atoms with E-state index in [0.717, 1.165) is 18.4 Å². The quantitative estimate of drug-likeness (QED) is 0.758. The topological polar surface area (TPSA) is 86.8 Å². The Labute approximate surface area is 187 Å². The summed E-state index contributed by atoms with van der Waals surface area (Å²) in [5.41, 5.74) is 0.925. The number of thiophene rings is 1. The van der Waals surface area contributed by atoms with Crippen LogP contribution in [0.1, 0.15) is 37.3 Å². The molecule has 2 aliphatic rings. The fourth-order valence-electron chi connectivity index (χ4n) is 3.94. The minimum absolute atomic E-state index is 0.0188. The van der Waals surface area contributed by atoms with Crippen LogP contribution in [0, 0.1) is 5.92 Å². The highest BCUT2D eigenvalue weighted by Gasteiger charge is 2.38. The molecule has 0 bridgehead atoms. The number of rotatable bonds is 4. The van der Waals surface area contributed by atoms with Crippen molar-refractivity contribution in [2.75, 3.05) is 26.2 Å². The third kappa shape index (κ3) is 5.16. The molecule has 1 saturated heterocycles. The van der Waals surface area contributed by atoms with E-state index in [-0.39, 0.29) is 43.3 Å². The van der Waals surface area contributed by atoms with Crippen LogP contribution in [-0.2, 0) is 19.6 Å². The molecule has 4 rings (SSSR count). The zero-order valence-corrected chi connectivity index (χ0v) is 18.9. The average Bonchev–Trinajstić information content (AvgIpc) is 3.47. The van der Waals surface area contributed by atoms with Gasteiger partial charge in [0.1, 0.15) is 4.21 Å². The molecule has 9 heteroatoms. The lowest BCUT2D eigenvalue weighted by Gasteiger charge is -2.32. The second-order valence-corrected chi connectivity index (χ2v) is 11.1. The van der Waals surface area contributed by atoms with E-state index in [2.05, 4.69) is 5.32 Å². The fourth-order valence-corrected chi connectivity index (χ4v) is 6.57. The third-order valence-electron chi connectivity index (χ3n) is 5.73. The summed E-state index contributed by atoms with van der Waals surface area (Å²) in [6.45, 7) is 1.16. The summed E-state index contributed by atoms with van der Waals surface area (Å²) >= 11 is 1.18. The van der Waals surface area contributed by atoms with Crippen LogP contribution in [0.15, 0.2) is 52.1 Å². The van der Waals surface area contributed by atoms with Crippen molar-refractivity contribution >= 4 is 33.2 Å². The van der Waals surface area contributed by atoms with Crippen molar-refractivity contribution in [2.24, 2.45) is 5.92 Å². The van der Waals surface area contributed by atoms with Crippen molar-refractivity contribution in [1.82, 2.24) is 14.5 Å². The van der Waals surface area contributed by atoms with E-state index in [9.17, 15) is 18.0 Å². The number of sulfonamides is 1. The molecule has 1 aromatic carbocycles. The molecular formula is C22H27N3O4S2. The van der Waals surface area contributed by atoms with Gasteiger partial charge >= 0.3 is 0 Å². The Kier molecular flexibility index (Phi) is 6.74. The molecule has 2 amide bonds. The van der Waals surface area contributed by atoms with Crippen molar-refractivity contribution in [3.05, 3.63) is 53.4 Å². The standard InChI is InChI=1S/C22H27N3O4S2/c26-20-16-19(17-6-2-1-3-7-17)25(22(27)18-9-10-18)13-5-12-24(14-11-23-20)31(28,29)21-8-4-15-30-21/h1-4,6-8,15,18-19H,5,9-14,16H2,(H,23,26). The van der Waals surface area contributed by atoms with Gasteiger partial charge in [0.25, 0.3) is 10.0 Å². The third-order valence-corrected chi connectivity index (χ3v) is 9.00. The van der Waals surface area contributed by atoms with E-state index >= 15 is 0 Å². The Morgan fingerprint density at radius 1 is 1.03 bits per heavy atom. The number of nitrogens with zero attached hydrogens (tertiary/aromatic N) is 2. The van der Waals surface area contributed by atoms with Gasteiger partial charge in [-0.1, -0.05) is 36.4 Å². The Morgan fingerprint density at radius 2 is 1.81 bits per heavy atom. The van der Waals surface area contributed by atoms with E-state index < -0.39 is 10.0 Å². The average molecular weight is 462 g/mol. The largest absolute Gasteiger partial charge is 0.355 e. The number of carbonyl (C=O) groups excluding carboxylic acids is 2. The molecule has 7 nitrogen and oxygen atoms in total. The van der Waals surface area contributed by atoms with Crippen molar-refractivity contribution in [2.45, 2.75) is 35.9 Å².